The summed E-state index contributed by atoms with van der Waals surface area (Å²) in [4.78, 5) is 21.2. The van der Waals surface area contributed by atoms with Crippen LogP contribution in [0.5, 0.6) is 0 Å². The van der Waals surface area contributed by atoms with E-state index in [0.29, 0.717) is 23.2 Å². The van der Waals surface area contributed by atoms with Crippen molar-refractivity contribution in [3.63, 3.8) is 0 Å². The lowest BCUT2D eigenvalue weighted by molar-refractivity contribution is 0.0951. The summed E-state index contributed by atoms with van der Waals surface area (Å²) in [5, 5.41) is 11.4. The van der Waals surface area contributed by atoms with Crippen molar-refractivity contribution in [2.45, 2.75) is 32.7 Å². The molecular weight excluding hydrogens is 414 g/mol. The normalized spacial score (nSPS) is 13.4. The van der Waals surface area contributed by atoms with Crippen LogP contribution in [0.15, 0.2) is 55.0 Å². The van der Waals surface area contributed by atoms with Gasteiger partial charge in [-0.3, -0.25) is 9.78 Å². The van der Waals surface area contributed by atoms with Crippen molar-refractivity contribution < 1.29 is 4.79 Å². The number of aromatic nitrogens is 4. The second-order valence-electron chi connectivity index (χ2n) is 8.93. The summed E-state index contributed by atoms with van der Waals surface area (Å²) in [5.74, 6) is 0.441. The molecule has 8 nitrogen and oxygen atoms in total. The average molecular weight is 442 g/mol. The highest BCUT2D eigenvalue weighted by Crippen LogP contribution is 2.29. The molecule has 0 spiro atoms. The molecule has 3 aromatic heterocycles. The predicted molar refractivity (Wildman–Crippen MR) is 130 cm³/mol. The zero-order valence-corrected chi connectivity index (χ0v) is 18.7. The first-order valence-corrected chi connectivity index (χ1v) is 11.2. The Bertz CT molecular complexity index is 1310. The van der Waals surface area contributed by atoms with E-state index in [2.05, 4.69) is 34.4 Å². The minimum atomic E-state index is -0.0306. The maximum absolute atomic E-state index is 12.3. The molecule has 0 unspecified atom stereocenters. The Kier molecular flexibility index (Phi) is 5.42. The topological polar surface area (TPSA) is 110 Å². The van der Waals surface area contributed by atoms with E-state index in [-0.39, 0.29) is 5.91 Å². The molecule has 1 amide bonds. The Morgan fingerprint density at radius 2 is 1.91 bits per heavy atom. The van der Waals surface area contributed by atoms with Crippen LogP contribution in [0.4, 0.5) is 11.4 Å². The van der Waals surface area contributed by atoms with Gasteiger partial charge in [0.05, 0.1) is 29.0 Å². The average Bonchev–Trinajstić information content (AvgIpc) is 3.52. The standard InChI is InChI=1S/C25H27N7O/c1-15(2)11-28-22-10-21(18-9-19(26)13-27-12-18)31-32-23(14-29-24(22)32)16-3-5-17(6-4-16)25(33)30-20-7-8-20/h3-6,9-10,12-15,20,28H,7-8,11,26H2,1-2H3,(H,30,33). The van der Waals surface area contributed by atoms with Gasteiger partial charge in [0.2, 0.25) is 0 Å². The molecule has 1 saturated carbocycles. The molecule has 0 atom stereocenters. The third-order valence-corrected chi connectivity index (χ3v) is 5.58. The molecule has 3 heterocycles. The number of anilines is 2. The van der Waals surface area contributed by atoms with Crippen LogP contribution in [0.25, 0.3) is 28.2 Å². The van der Waals surface area contributed by atoms with Gasteiger partial charge in [-0.1, -0.05) is 26.0 Å². The number of fused-ring (bicyclic) bond motifs is 1. The highest BCUT2D eigenvalue weighted by Gasteiger charge is 2.23. The van der Waals surface area contributed by atoms with Gasteiger partial charge in [-0.15, -0.1) is 0 Å². The quantitative estimate of drug-likeness (QED) is 0.400. The monoisotopic (exact) mass is 441 g/mol. The number of imidazole rings is 1. The van der Waals surface area contributed by atoms with Gasteiger partial charge in [-0.25, -0.2) is 9.50 Å². The molecule has 168 valence electrons. The molecule has 0 saturated heterocycles. The van der Waals surface area contributed by atoms with Gasteiger partial charge in [-0.2, -0.15) is 5.10 Å². The fourth-order valence-corrected chi connectivity index (χ4v) is 3.64. The van der Waals surface area contributed by atoms with E-state index in [9.17, 15) is 4.79 Å². The van der Waals surface area contributed by atoms with Crippen LogP contribution in [-0.2, 0) is 0 Å². The van der Waals surface area contributed by atoms with E-state index in [1.54, 1.807) is 12.4 Å². The van der Waals surface area contributed by atoms with Crippen molar-refractivity contribution in [2.24, 2.45) is 5.92 Å². The Labute approximate surface area is 192 Å². The van der Waals surface area contributed by atoms with Gasteiger partial charge in [0.25, 0.3) is 5.91 Å². The van der Waals surface area contributed by atoms with Gasteiger partial charge >= 0.3 is 0 Å². The van der Waals surface area contributed by atoms with E-state index < -0.39 is 0 Å². The van der Waals surface area contributed by atoms with Gasteiger partial charge < -0.3 is 16.4 Å². The molecule has 4 aromatic rings. The fraction of sp³-hybridized carbons (Fsp3) is 0.280. The van der Waals surface area contributed by atoms with E-state index >= 15 is 0 Å². The maximum Gasteiger partial charge on any atom is 0.251 e. The summed E-state index contributed by atoms with van der Waals surface area (Å²) in [7, 11) is 0. The van der Waals surface area contributed by atoms with Crippen LogP contribution in [0, 0.1) is 5.92 Å². The molecule has 1 fully saturated rings. The van der Waals surface area contributed by atoms with Crippen molar-refractivity contribution in [3.05, 3.63) is 60.6 Å². The summed E-state index contributed by atoms with van der Waals surface area (Å²) in [5.41, 5.74) is 12.2. The molecule has 8 heteroatoms. The van der Waals surface area contributed by atoms with Crippen molar-refractivity contribution in [1.29, 1.82) is 0 Å². The number of nitrogens with two attached hydrogens (primary N) is 1. The number of pyridine rings is 1. The molecule has 1 aromatic carbocycles. The number of nitrogen functional groups attached to an aromatic ring is 1. The van der Waals surface area contributed by atoms with E-state index in [1.165, 1.54) is 0 Å². The summed E-state index contributed by atoms with van der Waals surface area (Å²) >= 11 is 0. The molecule has 5 rings (SSSR count). The fourth-order valence-electron chi connectivity index (χ4n) is 3.64. The Morgan fingerprint density at radius 3 is 2.61 bits per heavy atom. The third kappa shape index (κ3) is 4.50. The van der Waals surface area contributed by atoms with Gasteiger partial charge in [0, 0.05) is 41.7 Å². The number of nitrogens with zero attached hydrogens (tertiary/aromatic N) is 4. The zero-order valence-electron chi connectivity index (χ0n) is 18.7. The number of carbonyl (C=O) groups excluding carboxylic acids is 1. The summed E-state index contributed by atoms with van der Waals surface area (Å²) in [6.45, 7) is 5.12. The zero-order chi connectivity index (χ0) is 22.9. The van der Waals surface area contributed by atoms with Crippen LogP contribution >= 0.6 is 0 Å². The lowest BCUT2D eigenvalue weighted by atomic mass is 10.1. The molecule has 0 bridgehead atoms. The van der Waals surface area contributed by atoms with Crippen molar-refractivity contribution in [2.75, 3.05) is 17.6 Å². The third-order valence-electron chi connectivity index (χ3n) is 5.58. The van der Waals surface area contributed by atoms with E-state index in [1.807, 2.05) is 47.1 Å². The molecular formula is C25H27N7O. The minimum absolute atomic E-state index is 0.0306. The minimum Gasteiger partial charge on any atom is -0.397 e. The number of hydrogen-bond acceptors (Lipinski definition) is 6. The Hall–Kier alpha value is -3.94. The summed E-state index contributed by atoms with van der Waals surface area (Å²) < 4.78 is 1.83. The van der Waals surface area contributed by atoms with E-state index in [4.69, 9.17) is 10.8 Å². The first-order chi connectivity index (χ1) is 16.0. The molecule has 33 heavy (non-hydrogen) atoms. The van der Waals surface area contributed by atoms with Crippen molar-refractivity contribution in [1.82, 2.24) is 24.9 Å². The highest BCUT2D eigenvalue weighted by atomic mass is 16.1. The smallest absolute Gasteiger partial charge is 0.251 e. The molecule has 1 aliphatic rings. The maximum atomic E-state index is 12.3. The summed E-state index contributed by atoms with van der Waals surface area (Å²) in [6, 6.07) is 11.7. The SMILES string of the molecule is CC(C)CNc1cc(-c2cncc(N)c2)nn2c(-c3ccc(C(=O)NC4CC4)cc3)cnc12. The Morgan fingerprint density at radius 1 is 1.12 bits per heavy atom. The second kappa shape index (κ2) is 8.54. The molecule has 0 radical (unpaired) electrons. The van der Waals surface area contributed by atoms with Crippen LogP contribution in [0.1, 0.15) is 37.0 Å². The largest absolute Gasteiger partial charge is 0.397 e. The molecule has 1 aliphatic carbocycles. The Balaban J connectivity index is 1.55. The van der Waals surface area contributed by atoms with E-state index in [0.717, 1.165) is 53.2 Å². The van der Waals surface area contributed by atoms with Crippen molar-refractivity contribution >= 4 is 22.9 Å². The first kappa shape index (κ1) is 20.9. The highest BCUT2D eigenvalue weighted by molar-refractivity contribution is 5.95. The van der Waals surface area contributed by atoms with Crippen molar-refractivity contribution in [3.8, 4) is 22.5 Å². The van der Waals surface area contributed by atoms with Gasteiger partial charge in [0.1, 0.15) is 0 Å². The van der Waals surface area contributed by atoms with Crippen LogP contribution in [0.3, 0.4) is 0 Å². The summed E-state index contributed by atoms with van der Waals surface area (Å²) in [6.07, 6.45) is 7.30. The number of benzene rings is 1. The lowest BCUT2D eigenvalue weighted by Crippen LogP contribution is -2.25. The molecule has 4 N–H and O–H groups in total. The lowest BCUT2D eigenvalue weighted by Gasteiger charge is -2.13. The predicted octanol–water partition coefficient (Wildman–Crippen LogP) is 4.00. The first-order valence-electron chi connectivity index (χ1n) is 11.2. The number of amides is 1. The van der Waals surface area contributed by atoms with Crippen LogP contribution in [-0.4, -0.2) is 38.1 Å². The van der Waals surface area contributed by atoms with Gasteiger partial charge in [0.15, 0.2) is 5.65 Å². The number of rotatable bonds is 7. The molecule has 0 aliphatic heterocycles. The van der Waals surface area contributed by atoms with Gasteiger partial charge in [-0.05, 0) is 43.0 Å². The number of nitrogens with one attached hydrogen (secondary N) is 2. The number of carbonyl (C=O) groups is 1. The number of hydrogen-bond donors (Lipinski definition) is 3. The van der Waals surface area contributed by atoms with Crippen LogP contribution < -0.4 is 16.4 Å². The van der Waals surface area contributed by atoms with Crippen LogP contribution in [0.2, 0.25) is 0 Å². The second-order valence-corrected chi connectivity index (χ2v) is 8.93.